The third-order valence-corrected chi connectivity index (χ3v) is 3.64. The first-order valence-corrected chi connectivity index (χ1v) is 6.91. The van der Waals surface area contributed by atoms with E-state index in [0.717, 1.165) is 16.7 Å². The molecule has 0 spiro atoms. The highest BCUT2D eigenvalue weighted by Gasteiger charge is 2.25. The fourth-order valence-electron chi connectivity index (χ4n) is 2.47. The van der Waals surface area contributed by atoms with Gasteiger partial charge in [0.05, 0.1) is 0 Å². The van der Waals surface area contributed by atoms with Crippen LogP contribution >= 0.6 is 0 Å². The van der Waals surface area contributed by atoms with E-state index in [0.29, 0.717) is 17.7 Å². The summed E-state index contributed by atoms with van der Waals surface area (Å²) in [5.74, 6) is -0.0763. The Bertz CT molecular complexity index is 742. The minimum atomic E-state index is -0.0697. The second-order valence-electron chi connectivity index (χ2n) is 5.21. The number of benzene rings is 2. The SMILES string of the molecule is Cc1ccc(C(=O)C/N=C2/C(=O)Cc3ccccc32)cc1. The molecule has 2 aromatic carbocycles. The summed E-state index contributed by atoms with van der Waals surface area (Å²) in [4.78, 5) is 28.4. The van der Waals surface area contributed by atoms with Gasteiger partial charge < -0.3 is 0 Å². The zero-order valence-corrected chi connectivity index (χ0v) is 11.8. The van der Waals surface area contributed by atoms with Crippen molar-refractivity contribution in [1.82, 2.24) is 0 Å². The monoisotopic (exact) mass is 277 g/mol. The normalized spacial score (nSPS) is 15.3. The van der Waals surface area contributed by atoms with Crippen molar-refractivity contribution in [1.29, 1.82) is 0 Å². The van der Waals surface area contributed by atoms with E-state index < -0.39 is 0 Å². The number of Topliss-reactive ketones (excluding diaryl/α,β-unsaturated/α-hetero) is 2. The molecule has 0 N–H and O–H groups in total. The van der Waals surface area contributed by atoms with Crippen molar-refractivity contribution in [3.63, 3.8) is 0 Å². The summed E-state index contributed by atoms with van der Waals surface area (Å²) in [5, 5.41) is 0. The number of fused-ring (bicyclic) bond motifs is 1. The molecule has 1 aliphatic carbocycles. The van der Waals surface area contributed by atoms with Crippen LogP contribution in [0, 0.1) is 6.92 Å². The molecule has 3 rings (SSSR count). The lowest BCUT2D eigenvalue weighted by Gasteiger charge is -2.01. The number of carbonyl (C=O) groups is 2. The van der Waals surface area contributed by atoms with Gasteiger partial charge in [0.2, 0.25) is 0 Å². The Morgan fingerprint density at radius 1 is 1.10 bits per heavy atom. The predicted octanol–water partition coefficient (Wildman–Crippen LogP) is 2.79. The molecular formula is C18H15NO2. The quantitative estimate of drug-likeness (QED) is 0.810. The van der Waals surface area contributed by atoms with Crippen molar-refractivity contribution in [2.75, 3.05) is 6.54 Å². The Labute approximate surface area is 123 Å². The van der Waals surface area contributed by atoms with E-state index in [-0.39, 0.29) is 18.1 Å². The van der Waals surface area contributed by atoms with Crippen LogP contribution in [0.5, 0.6) is 0 Å². The van der Waals surface area contributed by atoms with Crippen molar-refractivity contribution in [3.05, 3.63) is 70.8 Å². The van der Waals surface area contributed by atoms with E-state index in [1.54, 1.807) is 12.1 Å². The van der Waals surface area contributed by atoms with E-state index in [9.17, 15) is 9.59 Å². The van der Waals surface area contributed by atoms with Crippen LogP contribution in [0.4, 0.5) is 0 Å². The lowest BCUT2D eigenvalue weighted by atomic mass is 10.1. The molecule has 104 valence electrons. The van der Waals surface area contributed by atoms with Crippen molar-refractivity contribution in [3.8, 4) is 0 Å². The van der Waals surface area contributed by atoms with Crippen LogP contribution in [0.25, 0.3) is 0 Å². The van der Waals surface area contributed by atoms with Gasteiger partial charge in [-0.05, 0) is 12.5 Å². The molecule has 0 unspecified atom stereocenters. The molecule has 0 radical (unpaired) electrons. The first-order chi connectivity index (χ1) is 10.1. The average molecular weight is 277 g/mol. The summed E-state index contributed by atoms with van der Waals surface area (Å²) in [6.07, 6.45) is 0.383. The fourth-order valence-corrected chi connectivity index (χ4v) is 2.47. The van der Waals surface area contributed by atoms with Crippen LogP contribution in [0.2, 0.25) is 0 Å². The molecule has 0 saturated heterocycles. The lowest BCUT2D eigenvalue weighted by Crippen LogP contribution is -2.12. The molecule has 3 heteroatoms. The molecule has 0 fully saturated rings. The van der Waals surface area contributed by atoms with Crippen LogP contribution in [0.15, 0.2) is 53.5 Å². The lowest BCUT2D eigenvalue weighted by molar-refractivity contribution is -0.112. The first kappa shape index (κ1) is 13.4. The van der Waals surface area contributed by atoms with E-state index in [1.165, 1.54) is 0 Å². The molecule has 3 nitrogen and oxygen atoms in total. The molecular weight excluding hydrogens is 262 g/mol. The topological polar surface area (TPSA) is 46.5 Å². The number of hydrogen-bond acceptors (Lipinski definition) is 3. The minimum absolute atomic E-state index is 0.00657. The molecule has 0 aromatic heterocycles. The summed E-state index contributed by atoms with van der Waals surface area (Å²) >= 11 is 0. The Balaban J connectivity index is 1.82. The summed E-state index contributed by atoms with van der Waals surface area (Å²) < 4.78 is 0. The van der Waals surface area contributed by atoms with E-state index in [1.807, 2.05) is 43.3 Å². The Morgan fingerprint density at radius 2 is 1.81 bits per heavy atom. The van der Waals surface area contributed by atoms with Gasteiger partial charge in [-0.2, -0.15) is 0 Å². The molecule has 0 heterocycles. The zero-order chi connectivity index (χ0) is 14.8. The summed E-state index contributed by atoms with van der Waals surface area (Å²) in [5.41, 5.74) is 4.02. The number of carbonyl (C=O) groups excluding carboxylic acids is 2. The van der Waals surface area contributed by atoms with E-state index >= 15 is 0 Å². The third-order valence-electron chi connectivity index (χ3n) is 3.64. The number of aliphatic imine (C=N–C) groups is 1. The standard InChI is InChI=1S/C18H15NO2/c1-12-6-8-13(9-7-12)17(21)11-19-18-15-5-3-2-4-14(15)10-16(18)20/h2-9H,10-11H2,1H3/b19-18+. The van der Waals surface area contributed by atoms with Gasteiger partial charge in [-0.25, -0.2) is 0 Å². The van der Waals surface area contributed by atoms with Crippen LogP contribution in [0.3, 0.4) is 0 Å². The van der Waals surface area contributed by atoms with Gasteiger partial charge in [0.15, 0.2) is 11.6 Å². The molecule has 0 atom stereocenters. The number of rotatable bonds is 3. The highest BCUT2D eigenvalue weighted by Crippen LogP contribution is 2.19. The van der Waals surface area contributed by atoms with Crippen LogP contribution in [0.1, 0.15) is 27.0 Å². The van der Waals surface area contributed by atoms with Gasteiger partial charge in [0.25, 0.3) is 0 Å². The molecule has 0 aliphatic heterocycles. The number of hydrogen-bond donors (Lipinski definition) is 0. The van der Waals surface area contributed by atoms with Crippen molar-refractivity contribution in [2.45, 2.75) is 13.3 Å². The molecule has 1 aliphatic rings. The number of aryl methyl sites for hydroxylation is 1. The molecule has 21 heavy (non-hydrogen) atoms. The second kappa shape index (κ2) is 5.44. The van der Waals surface area contributed by atoms with Gasteiger partial charge in [-0.15, -0.1) is 0 Å². The second-order valence-corrected chi connectivity index (χ2v) is 5.21. The van der Waals surface area contributed by atoms with Gasteiger partial charge in [-0.3, -0.25) is 14.6 Å². The van der Waals surface area contributed by atoms with Gasteiger partial charge >= 0.3 is 0 Å². The largest absolute Gasteiger partial charge is 0.292 e. The molecule has 0 saturated carbocycles. The third kappa shape index (κ3) is 2.68. The Morgan fingerprint density at radius 3 is 2.57 bits per heavy atom. The summed E-state index contributed by atoms with van der Waals surface area (Å²) in [6, 6.07) is 15.0. The van der Waals surface area contributed by atoms with E-state index in [2.05, 4.69) is 4.99 Å². The Hall–Kier alpha value is -2.55. The van der Waals surface area contributed by atoms with Crippen LogP contribution < -0.4 is 0 Å². The van der Waals surface area contributed by atoms with Crippen molar-refractivity contribution < 1.29 is 9.59 Å². The maximum atomic E-state index is 12.1. The van der Waals surface area contributed by atoms with Crippen LogP contribution in [-0.2, 0) is 11.2 Å². The number of ketones is 2. The smallest absolute Gasteiger partial charge is 0.185 e. The highest BCUT2D eigenvalue weighted by molar-refractivity contribution is 6.49. The molecule has 0 amide bonds. The van der Waals surface area contributed by atoms with Crippen molar-refractivity contribution >= 4 is 17.3 Å². The maximum Gasteiger partial charge on any atom is 0.185 e. The van der Waals surface area contributed by atoms with Crippen molar-refractivity contribution in [2.24, 2.45) is 4.99 Å². The molecule has 0 bridgehead atoms. The highest BCUT2D eigenvalue weighted by atomic mass is 16.1. The zero-order valence-electron chi connectivity index (χ0n) is 11.8. The maximum absolute atomic E-state index is 12.1. The summed E-state index contributed by atoms with van der Waals surface area (Å²) in [6.45, 7) is 1.99. The average Bonchev–Trinajstić information content (AvgIpc) is 2.81. The fraction of sp³-hybridized carbons (Fsp3) is 0.167. The predicted molar refractivity (Wildman–Crippen MR) is 82.1 cm³/mol. The van der Waals surface area contributed by atoms with Crippen LogP contribution in [-0.4, -0.2) is 23.8 Å². The number of nitrogens with zero attached hydrogens (tertiary/aromatic N) is 1. The van der Waals surface area contributed by atoms with E-state index in [4.69, 9.17) is 0 Å². The van der Waals surface area contributed by atoms with Gasteiger partial charge in [0, 0.05) is 17.5 Å². The Kier molecular flexibility index (Phi) is 3.48. The molecule has 2 aromatic rings. The summed E-state index contributed by atoms with van der Waals surface area (Å²) in [7, 11) is 0. The minimum Gasteiger partial charge on any atom is -0.292 e. The first-order valence-electron chi connectivity index (χ1n) is 6.91. The van der Waals surface area contributed by atoms with Gasteiger partial charge in [0.1, 0.15) is 12.3 Å². The van der Waals surface area contributed by atoms with Gasteiger partial charge in [-0.1, -0.05) is 54.1 Å².